The number of benzene rings is 1. The highest BCUT2D eigenvalue weighted by Crippen LogP contribution is 2.11. The maximum Gasteiger partial charge on any atom is 0.145 e. The van der Waals surface area contributed by atoms with E-state index in [-0.39, 0.29) is 5.57 Å². The van der Waals surface area contributed by atoms with Gasteiger partial charge in [-0.05, 0) is 24.1 Å². The van der Waals surface area contributed by atoms with Crippen molar-refractivity contribution in [3.8, 4) is 12.1 Å². The molecule has 0 spiro atoms. The summed E-state index contributed by atoms with van der Waals surface area (Å²) in [6.45, 7) is 2.07. The minimum absolute atomic E-state index is 0.0666. The zero-order chi connectivity index (χ0) is 11.1. The summed E-state index contributed by atoms with van der Waals surface area (Å²) < 4.78 is 0. The normalized spacial score (nSPS) is 8.47. The number of allylic oxidation sites excluding steroid dienone is 1. The van der Waals surface area contributed by atoms with Gasteiger partial charge in [-0.1, -0.05) is 19.1 Å². The van der Waals surface area contributed by atoms with Crippen molar-refractivity contribution < 1.29 is 0 Å². The topological polar surface area (TPSA) is 59.6 Å². The van der Waals surface area contributed by atoms with Gasteiger partial charge >= 0.3 is 0 Å². The fourth-order valence-corrected chi connectivity index (χ4v) is 1.13. The summed E-state index contributed by atoms with van der Waals surface area (Å²) in [5.41, 5.74) is 2.16. The summed E-state index contributed by atoms with van der Waals surface area (Å²) >= 11 is 0. The van der Waals surface area contributed by atoms with Gasteiger partial charge in [0.05, 0.1) is 0 Å². The van der Waals surface area contributed by atoms with Crippen molar-refractivity contribution in [3.05, 3.63) is 41.6 Å². The second-order valence-corrected chi connectivity index (χ2v) is 2.98. The lowest BCUT2D eigenvalue weighted by Gasteiger charge is -2.02. The Hall–Kier alpha value is -2.26. The van der Waals surface area contributed by atoms with Crippen LogP contribution in [0.4, 0.5) is 5.69 Å². The van der Waals surface area contributed by atoms with Crippen LogP contribution in [0.15, 0.2) is 36.0 Å². The summed E-state index contributed by atoms with van der Waals surface area (Å²) in [6.07, 6.45) is 2.37. The van der Waals surface area contributed by atoms with Crippen LogP contribution in [0, 0.1) is 22.7 Å². The molecule has 0 radical (unpaired) electrons. The van der Waals surface area contributed by atoms with E-state index in [1.165, 1.54) is 11.8 Å². The average Bonchev–Trinajstić information content (AvgIpc) is 2.31. The average molecular weight is 197 g/mol. The Morgan fingerprint density at radius 1 is 1.40 bits per heavy atom. The number of hydrogen-bond acceptors (Lipinski definition) is 3. The molecule has 0 bridgehead atoms. The van der Waals surface area contributed by atoms with E-state index in [0.29, 0.717) is 0 Å². The van der Waals surface area contributed by atoms with Gasteiger partial charge in [0, 0.05) is 11.9 Å². The fourth-order valence-electron chi connectivity index (χ4n) is 1.13. The van der Waals surface area contributed by atoms with E-state index in [1.807, 2.05) is 24.3 Å². The van der Waals surface area contributed by atoms with Crippen LogP contribution in [0.3, 0.4) is 0 Å². The minimum atomic E-state index is 0.0666. The lowest BCUT2D eigenvalue weighted by Crippen LogP contribution is -1.90. The summed E-state index contributed by atoms with van der Waals surface area (Å²) in [6, 6.07) is 11.4. The van der Waals surface area contributed by atoms with Gasteiger partial charge in [0.25, 0.3) is 0 Å². The van der Waals surface area contributed by atoms with Gasteiger partial charge in [-0.15, -0.1) is 0 Å². The Bertz CT molecular complexity index is 431. The predicted octanol–water partition coefficient (Wildman–Crippen LogP) is 2.59. The Kier molecular flexibility index (Phi) is 3.94. The summed E-state index contributed by atoms with van der Waals surface area (Å²) in [5.74, 6) is 0. The van der Waals surface area contributed by atoms with Crippen LogP contribution in [0.2, 0.25) is 0 Å². The number of nitrogens with one attached hydrogen (secondary N) is 1. The molecule has 1 aromatic carbocycles. The Morgan fingerprint density at radius 3 is 2.73 bits per heavy atom. The molecule has 1 N–H and O–H groups in total. The second kappa shape index (κ2) is 5.47. The van der Waals surface area contributed by atoms with E-state index < -0.39 is 0 Å². The van der Waals surface area contributed by atoms with Crippen molar-refractivity contribution in [3.63, 3.8) is 0 Å². The highest BCUT2D eigenvalue weighted by molar-refractivity contribution is 5.50. The molecule has 0 aliphatic rings. The number of aryl methyl sites for hydroxylation is 1. The number of nitriles is 2. The van der Waals surface area contributed by atoms with E-state index in [2.05, 4.69) is 12.2 Å². The Balaban J connectivity index is 2.79. The smallest absolute Gasteiger partial charge is 0.145 e. The third-order valence-corrected chi connectivity index (χ3v) is 1.96. The van der Waals surface area contributed by atoms with Gasteiger partial charge in [-0.3, -0.25) is 0 Å². The molecular weight excluding hydrogens is 186 g/mol. The number of nitrogens with zero attached hydrogens (tertiary/aromatic N) is 2. The van der Waals surface area contributed by atoms with Crippen molar-refractivity contribution in [2.75, 3.05) is 5.32 Å². The molecule has 0 atom stereocenters. The van der Waals surface area contributed by atoms with E-state index in [4.69, 9.17) is 10.5 Å². The van der Waals surface area contributed by atoms with Gasteiger partial charge in [0.15, 0.2) is 0 Å². The molecule has 0 amide bonds. The van der Waals surface area contributed by atoms with Crippen LogP contribution in [0.5, 0.6) is 0 Å². The number of anilines is 1. The van der Waals surface area contributed by atoms with Crippen molar-refractivity contribution >= 4 is 5.69 Å². The monoisotopic (exact) mass is 197 g/mol. The molecule has 3 nitrogen and oxygen atoms in total. The third kappa shape index (κ3) is 3.17. The van der Waals surface area contributed by atoms with E-state index in [9.17, 15) is 0 Å². The zero-order valence-electron chi connectivity index (χ0n) is 8.49. The first-order valence-corrected chi connectivity index (χ1v) is 4.66. The first-order valence-electron chi connectivity index (χ1n) is 4.66. The lowest BCUT2D eigenvalue weighted by atomic mass is 10.1. The molecule has 3 heteroatoms. The van der Waals surface area contributed by atoms with Gasteiger partial charge in [-0.2, -0.15) is 10.5 Å². The quantitative estimate of drug-likeness (QED) is 0.757. The van der Waals surface area contributed by atoms with Gasteiger partial charge in [0.2, 0.25) is 0 Å². The van der Waals surface area contributed by atoms with Gasteiger partial charge in [0.1, 0.15) is 17.7 Å². The molecular formula is C12H11N3. The van der Waals surface area contributed by atoms with Crippen molar-refractivity contribution in [2.24, 2.45) is 0 Å². The molecule has 0 aromatic heterocycles. The Morgan fingerprint density at radius 2 is 2.13 bits per heavy atom. The standard InChI is InChI=1S/C12H11N3/c1-2-10-4-3-5-12(6-10)15-9-11(7-13)8-14/h3-6,9,15H,2H2,1H3. The minimum Gasteiger partial charge on any atom is -0.360 e. The predicted molar refractivity (Wildman–Crippen MR) is 58.8 cm³/mol. The highest BCUT2D eigenvalue weighted by Gasteiger charge is 1.93. The van der Waals surface area contributed by atoms with Crippen LogP contribution in [-0.2, 0) is 6.42 Å². The van der Waals surface area contributed by atoms with Crippen LogP contribution >= 0.6 is 0 Å². The molecule has 0 aliphatic heterocycles. The van der Waals surface area contributed by atoms with E-state index >= 15 is 0 Å². The largest absolute Gasteiger partial charge is 0.360 e. The van der Waals surface area contributed by atoms with Crippen LogP contribution in [-0.4, -0.2) is 0 Å². The van der Waals surface area contributed by atoms with Crippen molar-refractivity contribution in [1.29, 1.82) is 10.5 Å². The first kappa shape index (κ1) is 10.8. The molecule has 0 aliphatic carbocycles. The lowest BCUT2D eigenvalue weighted by molar-refractivity contribution is 1.14. The number of hydrogen-bond donors (Lipinski definition) is 1. The summed E-state index contributed by atoms with van der Waals surface area (Å²) in [4.78, 5) is 0. The third-order valence-electron chi connectivity index (χ3n) is 1.96. The molecule has 0 saturated heterocycles. The van der Waals surface area contributed by atoms with Crippen LogP contribution < -0.4 is 5.32 Å². The fraction of sp³-hybridized carbons (Fsp3) is 0.167. The summed E-state index contributed by atoms with van der Waals surface area (Å²) in [7, 11) is 0. The highest BCUT2D eigenvalue weighted by atomic mass is 14.8. The molecule has 1 rings (SSSR count). The van der Waals surface area contributed by atoms with E-state index in [0.717, 1.165) is 12.1 Å². The van der Waals surface area contributed by atoms with Crippen molar-refractivity contribution in [2.45, 2.75) is 13.3 Å². The molecule has 15 heavy (non-hydrogen) atoms. The molecule has 0 fully saturated rings. The molecule has 0 unspecified atom stereocenters. The summed E-state index contributed by atoms with van der Waals surface area (Å²) in [5, 5.41) is 20.0. The molecule has 1 aromatic rings. The van der Waals surface area contributed by atoms with Crippen LogP contribution in [0.25, 0.3) is 0 Å². The maximum atomic E-state index is 8.52. The zero-order valence-corrected chi connectivity index (χ0v) is 8.49. The van der Waals surface area contributed by atoms with Crippen molar-refractivity contribution in [1.82, 2.24) is 0 Å². The SMILES string of the molecule is CCc1cccc(NC=C(C#N)C#N)c1. The first-order chi connectivity index (χ1) is 7.30. The van der Waals surface area contributed by atoms with Gasteiger partial charge in [-0.25, -0.2) is 0 Å². The van der Waals surface area contributed by atoms with E-state index in [1.54, 1.807) is 12.1 Å². The molecule has 0 heterocycles. The maximum absolute atomic E-state index is 8.52. The van der Waals surface area contributed by atoms with Gasteiger partial charge < -0.3 is 5.32 Å². The number of rotatable bonds is 3. The second-order valence-electron chi connectivity index (χ2n) is 2.98. The molecule has 74 valence electrons. The Labute approximate surface area is 89.3 Å². The van der Waals surface area contributed by atoms with Crippen LogP contribution in [0.1, 0.15) is 12.5 Å². The molecule has 0 saturated carbocycles.